The van der Waals surface area contributed by atoms with E-state index in [1.807, 2.05) is 0 Å². The standard InChI is InChI=1S/C6H9ClN4O5S/c1-3-10-5(16-2)8-11(6(10)13)4(12)9-17(7,14)15/h3H2,1-2H3,(H,9,12). The van der Waals surface area contributed by atoms with Crippen LogP contribution in [0.5, 0.6) is 6.01 Å². The number of nitrogens with one attached hydrogen (secondary N) is 1. The molecule has 96 valence electrons. The monoisotopic (exact) mass is 284 g/mol. The Labute approximate surface area is 100 Å². The van der Waals surface area contributed by atoms with E-state index in [0.29, 0.717) is 4.68 Å². The van der Waals surface area contributed by atoms with E-state index in [4.69, 9.17) is 15.4 Å². The van der Waals surface area contributed by atoms with Crippen molar-refractivity contribution in [3.63, 3.8) is 0 Å². The molecular formula is C6H9ClN4O5S. The van der Waals surface area contributed by atoms with E-state index in [0.717, 1.165) is 4.57 Å². The van der Waals surface area contributed by atoms with Crippen molar-refractivity contribution in [3.8, 4) is 6.01 Å². The number of amides is 1. The Morgan fingerprint density at radius 1 is 1.59 bits per heavy atom. The van der Waals surface area contributed by atoms with Gasteiger partial charge in [-0.2, -0.15) is 8.42 Å². The third kappa shape index (κ3) is 2.97. The molecule has 1 amide bonds. The summed E-state index contributed by atoms with van der Waals surface area (Å²) in [7, 11) is 1.78. The Morgan fingerprint density at radius 3 is 2.53 bits per heavy atom. The van der Waals surface area contributed by atoms with Crippen molar-refractivity contribution >= 4 is 26.0 Å². The first-order valence-electron chi connectivity index (χ1n) is 4.30. The fourth-order valence-electron chi connectivity index (χ4n) is 1.08. The second-order valence-corrected chi connectivity index (χ2v) is 5.07. The summed E-state index contributed by atoms with van der Waals surface area (Å²) in [4.78, 5) is 22.9. The van der Waals surface area contributed by atoms with Crippen molar-refractivity contribution in [2.45, 2.75) is 13.5 Å². The zero-order valence-corrected chi connectivity index (χ0v) is 10.4. The number of rotatable bonds is 3. The average Bonchev–Trinajstić information content (AvgIpc) is 2.52. The van der Waals surface area contributed by atoms with Gasteiger partial charge in [0, 0.05) is 17.2 Å². The van der Waals surface area contributed by atoms with Crippen LogP contribution in [0.25, 0.3) is 0 Å². The number of methoxy groups -OCH3 is 1. The summed E-state index contributed by atoms with van der Waals surface area (Å²) in [6, 6.07) is -1.39. The smallest absolute Gasteiger partial charge is 0.361 e. The van der Waals surface area contributed by atoms with Crippen molar-refractivity contribution in [1.29, 1.82) is 0 Å². The molecule has 0 aromatic carbocycles. The maximum absolute atomic E-state index is 11.6. The van der Waals surface area contributed by atoms with Crippen LogP contribution in [0.1, 0.15) is 6.92 Å². The number of halogens is 1. The minimum Gasteiger partial charge on any atom is -0.467 e. The molecule has 1 heterocycles. The molecule has 17 heavy (non-hydrogen) atoms. The zero-order valence-electron chi connectivity index (χ0n) is 8.88. The summed E-state index contributed by atoms with van der Waals surface area (Å²) < 4.78 is 28.7. The van der Waals surface area contributed by atoms with Gasteiger partial charge in [0.1, 0.15) is 0 Å². The van der Waals surface area contributed by atoms with Gasteiger partial charge < -0.3 is 4.74 Å². The molecule has 0 saturated carbocycles. The molecule has 0 aliphatic carbocycles. The number of carbonyl (C=O) groups is 1. The van der Waals surface area contributed by atoms with Crippen LogP contribution in [-0.2, 0) is 15.8 Å². The third-order valence-corrected chi connectivity index (χ3v) is 2.38. The maximum atomic E-state index is 11.6. The Hall–Kier alpha value is -1.55. The van der Waals surface area contributed by atoms with Crippen LogP contribution in [0.15, 0.2) is 4.79 Å². The van der Waals surface area contributed by atoms with E-state index >= 15 is 0 Å². The molecule has 0 bridgehead atoms. The number of nitrogens with zero attached hydrogens (tertiary/aromatic N) is 3. The lowest BCUT2D eigenvalue weighted by atomic mass is 10.7. The molecule has 9 nitrogen and oxygen atoms in total. The van der Waals surface area contributed by atoms with Gasteiger partial charge in [-0.1, -0.05) is 0 Å². The topological polar surface area (TPSA) is 112 Å². The highest BCUT2D eigenvalue weighted by Gasteiger charge is 2.20. The Morgan fingerprint density at radius 2 is 2.18 bits per heavy atom. The molecule has 0 spiro atoms. The molecule has 0 aliphatic rings. The quantitative estimate of drug-likeness (QED) is 0.721. The first kappa shape index (κ1) is 13.5. The Bertz CT molecular complexity index is 588. The fraction of sp³-hybridized carbons (Fsp3) is 0.500. The van der Waals surface area contributed by atoms with Gasteiger partial charge in [-0.3, -0.25) is 0 Å². The second-order valence-electron chi connectivity index (χ2n) is 2.77. The molecule has 0 atom stereocenters. The summed E-state index contributed by atoms with van der Waals surface area (Å²) in [5, 5.41) is 3.49. The summed E-state index contributed by atoms with van der Waals surface area (Å²) in [6.45, 7) is 1.84. The Kier molecular flexibility index (Phi) is 3.78. The van der Waals surface area contributed by atoms with Crippen molar-refractivity contribution in [3.05, 3.63) is 10.5 Å². The van der Waals surface area contributed by atoms with E-state index in [1.54, 1.807) is 6.92 Å². The molecule has 1 N–H and O–H groups in total. The summed E-state index contributed by atoms with van der Waals surface area (Å²) in [6.07, 6.45) is 0. The van der Waals surface area contributed by atoms with Gasteiger partial charge in [0.05, 0.1) is 7.11 Å². The van der Waals surface area contributed by atoms with E-state index in [-0.39, 0.29) is 12.6 Å². The molecular weight excluding hydrogens is 276 g/mol. The van der Waals surface area contributed by atoms with Crippen LogP contribution in [0.3, 0.4) is 0 Å². The van der Waals surface area contributed by atoms with E-state index in [2.05, 4.69) is 5.10 Å². The highest BCUT2D eigenvalue weighted by atomic mass is 35.7. The van der Waals surface area contributed by atoms with Crippen LogP contribution in [0, 0.1) is 0 Å². The summed E-state index contributed by atoms with van der Waals surface area (Å²) >= 11 is 0. The van der Waals surface area contributed by atoms with Gasteiger partial charge in [0.2, 0.25) is 0 Å². The summed E-state index contributed by atoms with van der Waals surface area (Å²) in [5.41, 5.74) is -0.831. The first-order valence-corrected chi connectivity index (χ1v) is 6.61. The molecule has 1 aromatic heterocycles. The lowest BCUT2D eigenvalue weighted by Crippen LogP contribution is -2.38. The van der Waals surface area contributed by atoms with Crippen molar-refractivity contribution in [1.82, 2.24) is 19.1 Å². The minimum atomic E-state index is -4.28. The van der Waals surface area contributed by atoms with E-state index in [1.165, 1.54) is 11.8 Å². The van der Waals surface area contributed by atoms with Gasteiger partial charge in [-0.25, -0.2) is 18.9 Å². The lowest BCUT2D eigenvalue weighted by Gasteiger charge is -1.97. The van der Waals surface area contributed by atoms with Crippen molar-refractivity contribution < 1.29 is 17.9 Å². The first-order chi connectivity index (χ1) is 7.80. The number of hydrogen-bond acceptors (Lipinski definition) is 6. The zero-order chi connectivity index (χ0) is 13.2. The molecule has 1 aromatic rings. The highest BCUT2D eigenvalue weighted by Crippen LogP contribution is 2.02. The third-order valence-electron chi connectivity index (χ3n) is 1.73. The molecule has 0 aliphatic heterocycles. The van der Waals surface area contributed by atoms with Crippen molar-refractivity contribution in [2.24, 2.45) is 0 Å². The maximum Gasteiger partial charge on any atom is 0.361 e. The van der Waals surface area contributed by atoms with E-state index in [9.17, 15) is 18.0 Å². The minimum absolute atomic E-state index is 0.111. The average molecular weight is 285 g/mol. The lowest BCUT2D eigenvalue weighted by molar-refractivity contribution is 0.243. The SMILES string of the molecule is CCn1c(OC)nn(C(=O)NS(=O)(=O)Cl)c1=O. The largest absolute Gasteiger partial charge is 0.467 e. The molecule has 0 saturated heterocycles. The van der Waals surface area contributed by atoms with Gasteiger partial charge >= 0.3 is 27.0 Å². The highest BCUT2D eigenvalue weighted by molar-refractivity contribution is 8.12. The number of hydrogen-bond donors (Lipinski definition) is 1. The Balaban J connectivity index is 3.20. The van der Waals surface area contributed by atoms with Gasteiger partial charge in [-0.15, -0.1) is 9.78 Å². The predicted molar refractivity (Wildman–Crippen MR) is 57.4 cm³/mol. The molecule has 0 fully saturated rings. The normalized spacial score (nSPS) is 11.2. The molecule has 0 unspecified atom stereocenters. The van der Waals surface area contributed by atoms with Crippen LogP contribution >= 0.6 is 10.7 Å². The van der Waals surface area contributed by atoms with E-state index < -0.39 is 21.0 Å². The van der Waals surface area contributed by atoms with Crippen LogP contribution < -0.4 is 15.1 Å². The summed E-state index contributed by atoms with van der Waals surface area (Å²) in [5.74, 6) is 0. The van der Waals surface area contributed by atoms with Crippen LogP contribution in [-0.4, -0.2) is 35.9 Å². The van der Waals surface area contributed by atoms with Crippen LogP contribution in [0.2, 0.25) is 0 Å². The number of ether oxygens (including phenoxy) is 1. The molecule has 0 radical (unpaired) electrons. The number of carbonyl (C=O) groups excluding carboxylic acids is 1. The van der Waals surface area contributed by atoms with Gasteiger partial charge in [-0.05, 0) is 6.92 Å². The van der Waals surface area contributed by atoms with Crippen molar-refractivity contribution in [2.75, 3.05) is 7.11 Å². The fourth-order valence-corrected chi connectivity index (χ4v) is 1.57. The number of aromatic nitrogens is 3. The van der Waals surface area contributed by atoms with Gasteiger partial charge in [0.15, 0.2) is 0 Å². The van der Waals surface area contributed by atoms with Gasteiger partial charge in [0.25, 0.3) is 0 Å². The second kappa shape index (κ2) is 4.75. The molecule has 1 rings (SSSR count). The molecule has 11 heteroatoms. The van der Waals surface area contributed by atoms with Crippen LogP contribution in [0.4, 0.5) is 4.79 Å². The predicted octanol–water partition coefficient (Wildman–Crippen LogP) is -0.885.